The van der Waals surface area contributed by atoms with E-state index in [1.54, 1.807) is 17.2 Å². The smallest absolute Gasteiger partial charge is 0.265 e. The van der Waals surface area contributed by atoms with Gasteiger partial charge in [0.05, 0.1) is 10.6 Å². The van der Waals surface area contributed by atoms with E-state index in [-0.39, 0.29) is 29.9 Å². The molecule has 1 aromatic carbocycles. The lowest BCUT2D eigenvalue weighted by Crippen LogP contribution is -2.53. The lowest BCUT2D eigenvalue weighted by atomic mass is 10.2. The van der Waals surface area contributed by atoms with E-state index in [1.165, 1.54) is 21.3 Å². The second-order valence-corrected chi connectivity index (χ2v) is 10.5. The summed E-state index contributed by atoms with van der Waals surface area (Å²) in [7, 11) is -3.66. The molecule has 0 saturated carbocycles. The highest BCUT2D eigenvalue weighted by Gasteiger charge is 2.33. The maximum Gasteiger partial charge on any atom is 0.265 e. The number of nitrogens with zero attached hydrogens (tertiary/aromatic N) is 5. The first-order valence-corrected chi connectivity index (χ1v) is 12.9. The van der Waals surface area contributed by atoms with E-state index in [1.807, 2.05) is 18.2 Å². The number of amides is 2. The van der Waals surface area contributed by atoms with Crippen LogP contribution in [0.15, 0.2) is 47.5 Å². The number of rotatable bonds is 5. The summed E-state index contributed by atoms with van der Waals surface area (Å²) in [6.45, 7) is 2.96. The standard InChI is InChI=1S/C23H27N5O5S/c29-22(26-13-11-25(12-14-26)21-5-1-2-8-24-21)16-28-19-15-18(6-7-20(19)33-17-23(28)30)34(31,32)27-9-3-4-10-27/h1-2,5-8,15H,3-4,9-14,16-17H2. The molecule has 3 aliphatic rings. The van der Waals surface area contributed by atoms with Crippen molar-refractivity contribution < 1.29 is 22.7 Å². The van der Waals surface area contributed by atoms with Crippen molar-refractivity contribution in [3.63, 3.8) is 0 Å². The first kappa shape index (κ1) is 22.6. The van der Waals surface area contributed by atoms with Crippen molar-refractivity contribution in [2.45, 2.75) is 17.7 Å². The number of benzene rings is 1. The van der Waals surface area contributed by atoms with Gasteiger partial charge >= 0.3 is 0 Å². The summed E-state index contributed by atoms with van der Waals surface area (Å²) in [6.07, 6.45) is 3.41. The second-order valence-electron chi connectivity index (χ2n) is 8.57. The van der Waals surface area contributed by atoms with Gasteiger partial charge in [-0.2, -0.15) is 4.31 Å². The fourth-order valence-corrected chi connectivity index (χ4v) is 6.09. The third-order valence-electron chi connectivity index (χ3n) is 6.48. The predicted octanol–water partition coefficient (Wildman–Crippen LogP) is 0.940. The minimum atomic E-state index is -3.66. The van der Waals surface area contributed by atoms with Crippen LogP contribution in [-0.4, -0.2) is 86.8 Å². The lowest BCUT2D eigenvalue weighted by Gasteiger charge is -2.37. The van der Waals surface area contributed by atoms with Crippen LogP contribution < -0.4 is 14.5 Å². The van der Waals surface area contributed by atoms with Crippen molar-refractivity contribution in [2.24, 2.45) is 0 Å². The number of fused-ring (bicyclic) bond motifs is 1. The molecule has 0 radical (unpaired) electrons. The van der Waals surface area contributed by atoms with Gasteiger partial charge in [-0.05, 0) is 43.2 Å². The van der Waals surface area contributed by atoms with Crippen molar-refractivity contribution in [3.8, 4) is 5.75 Å². The van der Waals surface area contributed by atoms with Crippen LogP contribution in [0.3, 0.4) is 0 Å². The van der Waals surface area contributed by atoms with Crippen molar-refractivity contribution in [2.75, 3.05) is 62.2 Å². The molecule has 0 atom stereocenters. The third-order valence-corrected chi connectivity index (χ3v) is 8.37. The highest BCUT2D eigenvalue weighted by atomic mass is 32.2. The molecule has 0 spiro atoms. The van der Waals surface area contributed by atoms with E-state index in [9.17, 15) is 18.0 Å². The molecule has 2 aromatic rings. The second kappa shape index (κ2) is 9.22. The first-order chi connectivity index (χ1) is 16.4. The zero-order chi connectivity index (χ0) is 23.7. The molecule has 0 unspecified atom stereocenters. The number of sulfonamides is 1. The summed E-state index contributed by atoms with van der Waals surface area (Å²) in [5.74, 6) is 0.713. The van der Waals surface area contributed by atoms with E-state index in [4.69, 9.17) is 4.74 Å². The predicted molar refractivity (Wildman–Crippen MR) is 125 cm³/mol. The van der Waals surface area contributed by atoms with Crippen molar-refractivity contribution in [1.82, 2.24) is 14.2 Å². The number of carbonyl (C=O) groups excluding carboxylic acids is 2. The normalized spacial score (nSPS) is 19.2. The zero-order valence-corrected chi connectivity index (χ0v) is 19.6. The van der Waals surface area contributed by atoms with Crippen LogP contribution in [0.4, 0.5) is 11.5 Å². The molecule has 2 saturated heterocycles. The van der Waals surface area contributed by atoms with E-state index in [2.05, 4.69) is 9.88 Å². The van der Waals surface area contributed by atoms with Crippen LogP contribution in [0.1, 0.15) is 12.8 Å². The Morgan fingerprint density at radius 3 is 2.47 bits per heavy atom. The van der Waals surface area contributed by atoms with Gasteiger partial charge in [0.15, 0.2) is 6.61 Å². The molecular weight excluding hydrogens is 458 g/mol. The van der Waals surface area contributed by atoms with Crippen LogP contribution in [0.5, 0.6) is 5.75 Å². The van der Waals surface area contributed by atoms with Crippen LogP contribution >= 0.6 is 0 Å². The van der Waals surface area contributed by atoms with Gasteiger partial charge in [0, 0.05) is 45.5 Å². The lowest BCUT2D eigenvalue weighted by molar-refractivity contribution is -0.132. The minimum absolute atomic E-state index is 0.105. The molecule has 1 aromatic heterocycles. The zero-order valence-electron chi connectivity index (χ0n) is 18.8. The van der Waals surface area contributed by atoms with Crippen molar-refractivity contribution >= 4 is 33.3 Å². The molecule has 0 N–H and O–H groups in total. The van der Waals surface area contributed by atoms with Crippen molar-refractivity contribution in [3.05, 3.63) is 42.6 Å². The molecule has 34 heavy (non-hydrogen) atoms. The van der Waals surface area contributed by atoms with Gasteiger partial charge < -0.3 is 14.5 Å². The van der Waals surface area contributed by atoms with Crippen LogP contribution in [0.25, 0.3) is 0 Å². The summed E-state index contributed by atoms with van der Waals surface area (Å²) >= 11 is 0. The number of carbonyl (C=O) groups is 2. The Balaban J connectivity index is 1.31. The van der Waals surface area contributed by atoms with E-state index in [0.717, 1.165) is 18.7 Å². The number of anilines is 2. The molecule has 10 nitrogen and oxygen atoms in total. The molecular formula is C23H27N5O5S. The molecule has 3 aliphatic heterocycles. The number of ether oxygens (including phenoxy) is 1. The maximum atomic E-state index is 13.1. The molecule has 180 valence electrons. The Hall–Kier alpha value is -3.18. The van der Waals surface area contributed by atoms with Gasteiger partial charge in [-0.3, -0.25) is 14.5 Å². The quantitative estimate of drug-likeness (QED) is 0.621. The molecule has 0 bridgehead atoms. The Kier molecular flexibility index (Phi) is 6.13. The van der Waals surface area contributed by atoms with Gasteiger partial charge in [-0.1, -0.05) is 6.07 Å². The molecule has 4 heterocycles. The Morgan fingerprint density at radius 2 is 1.76 bits per heavy atom. The fourth-order valence-electron chi connectivity index (χ4n) is 4.55. The third kappa shape index (κ3) is 4.32. The highest BCUT2D eigenvalue weighted by Crippen LogP contribution is 2.35. The molecule has 11 heteroatoms. The van der Waals surface area contributed by atoms with Crippen LogP contribution in [0.2, 0.25) is 0 Å². The first-order valence-electron chi connectivity index (χ1n) is 11.4. The SMILES string of the molecule is O=C(CN1C(=O)COc2ccc(S(=O)(=O)N3CCCC3)cc21)N1CCN(c2ccccn2)CC1. The van der Waals surface area contributed by atoms with E-state index >= 15 is 0 Å². The molecule has 5 rings (SSSR count). The van der Waals surface area contributed by atoms with Gasteiger partial charge in [-0.15, -0.1) is 0 Å². The molecule has 2 amide bonds. The molecule has 2 fully saturated rings. The highest BCUT2D eigenvalue weighted by molar-refractivity contribution is 7.89. The average molecular weight is 486 g/mol. The average Bonchev–Trinajstić information content (AvgIpc) is 3.42. The summed E-state index contributed by atoms with van der Waals surface area (Å²) < 4.78 is 33.0. The van der Waals surface area contributed by atoms with Gasteiger partial charge in [0.2, 0.25) is 15.9 Å². The summed E-state index contributed by atoms with van der Waals surface area (Å²) in [5, 5.41) is 0. The number of piperazine rings is 1. The van der Waals surface area contributed by atoms with Crippen molar-refractivity contribution in [1.29, 1.82) is 0 Å². The number of aromatic nitrogens is 1. The van der Waals surface area contributed by atoms with E-state index < -0.39 is 10.0 Å². The summed E-state index contributed by atoms with van der Waals surface area (Å²) in [5.41, 5.74) is 0.317. The summed E-state index contributed by atoms with van der Waals surface area (Å²) in [4.78, 5) is 35.4. The Bertz CT molecular complexity index is 1180. The van der Waals surface area contributed by atoms with Gasteiger partial charge in [0.25, 0.3) is 5.91 Å². The number of pyridine rings is 1. The fraction of sp³-hybridized carbons (Fsp3) is 0.435. The maximum absolute atomic E-state index is 13.1. The minimum Gasteiger partial charge on any atom is -0.482 e. The van der Waals surface area contributed by atoms with Crippen LogP contribution in [-0.2, 0) is 19.6 Å². The number of hydrogen-bond donors (Lipinski definition) is 0. The Labute approximate surface area is 198 Å². The molecule has 0 aliphatic carbocycles. The number of hydrogen-bond acceptors (Lipinski definition) is 7. The van der Waals surface area contributed by atoms with Gasteiger partial charge in [-0.25, -0.2) is 13.4 Å². The summed E-state index contributed by atoms with van der Waals surface area (Å²) in [6, 6.07) is 10.2. The monoisotopic (exact) mass is 485 g/mol. The topological polar surface area (TPSA) is 103 Å². The van der Waals surface area contributed by atoms with Crippen LogP contribution in [0, 0.1) is 0 Å². The van der Waals surface area contributed by atoms with E-state index in [0.29, 0.717) is 50.7 Å². The Morgan fingerprint density at radius 1 is 1.00 bits per heavy atom. The van der Waals surface area contributed by atoms with Gasteiger partial charge in [0.1, 0.15) is 18.1 Å². The largest absolute Gasteiger partial charge is 0.482 e.